The van der Waals surface area contributed by atoms with Gasteiger partial charge in [0.15, 0.2) is 18.2 Å². The molecule has 0 amide bonds. The van der Waals surface area contributed by atoms with Crippen LogP contribution in [0.2, 0.25) is 0 Å². The predicted octanol–water partition coefficient (Wildman–Crippen LogP) is 5.60. The molecule has 0 spiro atoms. The fourth-order valence-corrected chi connectivity index (χ4v) is 4.03. The van der Waals surface area contributed by atoms with E-state index in [-0.39, 0.29) is 46.0 Å². The largest absolute Gasteiger partial charge is 0.490 e. The van der Waals surface area contributed by atoms with E-state index in [2.05, 4.69) is 10.1 Å². The molecule has 0 bridgehead atoms. The van der Waals surface area contributed by atoms with Gasteiger partial charge in [-0.15, -0.1) is 0 Å². The molecule has 4 rings (SSSR count). The number of nitro groups is 1. The molecule has 1 heterocycles. The zero-order chi connectivity index (χ0) is 31.3. The van der Waals surface area contributed by atoms with Crippen molar-refractivity contribution < 1.29 is 37.1 Å². The van der Waals surface area contributed by atoms with Crippen molar-refractivity contribution in [3.05, 3.63) is 92.3 Å². The number of para-hydroxylation sites is 1. The van der Waals surface area contributed by atoms with Crippen LogP contribution < -0.4 is 15.0 Å². The van der Waals surface area contributed by atoms with Gasteiger partial charge in [0.05, 0.1) is 40.3 Å². The molecule has 4 aromatic rings. The van der Waals surface area contributed by atoms with Gasteiger partial charge in [-0.05, 0) is 51.1 Å². The summed E-state index contributed by atoms with van der Waals surface area (Å²) in [5.41, 5.74) is -1.91. The molecule has 14 heteroatoms. The Balaban J connectivity index is 1.84. The van der Waals surface area contributed by atoms with Gasteiger partial charge in [0, 0.05) is 17.2 Å². The summed E-state index contributed by atoms with van der Waals surface area (Å²) in [6.45, 7) is 4.36. The lowest BCUT2D eigenvalue weighted by molar-refractivity contribution is -0.385. The smallest absolute Gasteiger partial charge is 0.416 e. The zero-order valence-corrected chi connectivity index (χ0v) is 23.1. The lowest BCUT2D eigenvalue weighted by Crippen LogP contribution is -2.20. The molecule has 0 radical (unpaired) electrons. The van der Waals surface area contributed by atoms with E-state index >= 15 is 0 Å². The number of fused-ring (bicyclic) bond motifs is 1. The highest BCUT2D eigenvalue weighted by molar-refractivity contribution is 5.84. The summed E-state index contributed by atoms with van der Waals surface area (Å²) in [5.74, 6) is -1.34. The number of aromatic nitrogens is 2. The van der Waals surface area contributed by atoms with Crippen LogP contribution in [-0.4, -0.2) is 46.1 Å². The Morgan fingerprint density at radius 1 is 1.12 bits per heavy atom. The Bertz CT molecular complexity index is 1770. The molecule has 0 aliphatic carbocycles. The summed E-state index contributed by atoms with van der Waals surface area (Å²) < 4.78 is 57.1. The standard InChI is InChI=1S/C29H25F3N4O7/c1-4-41-24-13-18(12-23(36(39)40)26(24)42-16-25(37)43-17(2)3)15-33-35-27(19-8-7-9-20(14-19)29(30,31)32)34-22-11-6-5-10-21(22)28(35)38/h5-15,17H,4,16H2,1-3H3. The van der Waals surface area contributed by atoms with E-state index in [9.17, 15) is 32.9 Å². The predicted molar refractivity (Wildman–Crippen MR) is 150 cm³/mol. The first kappa shape index (κ1) is 30.7. The maximum absolute atomic E-state index is 13.5. The van der Waals surface area contributed by atoms with Crippen LogP contribution in [0.25, 0.3) is 22.3 Å². The quantitative estimate of drug-likeness (QED) is 0.0996. The van der Waals surface area contributed by atoms with E-state index in [1.165, 1.54) is 30.3 Å². The van der Waals surface area contributed by atoms with Crippen LogP contribution in [0.5, 0.6) is 11.5 Å². The second kappa shape index (κ2) is 12.7. The Morgan fingerprint density at radius 2 is 1.86 bits per heavy atom. The van der Waals surface area contributed by atoms with Crippen LogP contribution >= 0.6 is 0 Å². The normalized spacial score (nSPS) is 11.7. The highest BCUT2D eigenvalue weighted by atomic mass is 19.4. The molecular weight excluding hydrogens is 573 g/mol. The van der Waals surface area contributed by atoms with Crippen LogP contribution in [-0.2, 0) is 15.7 Å². The first-order valence-electron chi connectivity index (χ1n) is 12.9. The molecule has 3 aromatic carbocycles. The summed E-state index contributed by atoms with van der Waals surface area (Å²) in [7, 11) is 0. The fraction of sp³-hybridized carbons (Fsp3) is 0.241. The number of benzene rings is 3. The van der Waals surface area contributed by atoms with E-state index in [0.29, 0.717) is 0 Å². The third-order valence-electron chi connectivity index (χ3n) is 5.78. The van der Waals surface area contributed by atoms with E-state index < -0.39 is 46.6 Å². The molecule has 0 unspecified atom stereocenters. The molecule has 0 aliphatic heterocycles. The van der Waals surface area contributed by atoms with Crippen molar-refractivity contribution in [2.45, 2.75) is 33.1 Å². The van der Waals surface area contributed by atoms with Gasteiger partial charge < -0.3 is 14.2 Å². The molecule has 0 aliphatic rings. The lowest BCUT2D eigenvalue weighted by Gasteiger charge is -2.14. The first-order chi connectivity index (χ1) is 20.4. The molecule has 224 valence electrons. The Hall–Kier alpha value is -5.27. The fourth-order valence-electron chi connectivity index (χ4n) is 4.03. The number of hydrogen-bond donors (Lipinski definition) is 0. The molecule has 0 fully saturated rings. The van der Waals surface area contributed by atoms with Crippen molar-refractivity contribution in [2.24, 2.45) is 5.10 Å². The number of alkyl halides is 3. The number of hydrogen-bond acceptors (Lipinski definition) is 9. The lowest BCUT2D eigenvalue weighted by atomic mass is 10.1. The minimum atomic E-state index is -4.65. The maximum atomic E-state index is 13.5. The van der Waals surface area contributed by atoms with E-state index in [1.54, 1.807) is 32.9 Å². The van der Waals surface area contributed by atoms with Crippen molar-refractivity contribution >= 4 is 28.8 Å². The number of carbonyl (C=O) groups excluding carboxylic acids is 1. The van der Waals surface area contributed by atoms with Gasteiger partial charge in [0.2, 0.25) is 5.75 Å². The number of halogens is 3. The minimum Gasteiger partial charge on any atom is -0.490 e. The van der Waals surface area contributed by atoms with Crippen molar-refractivity contribution in [1.82, 2.24) is 9.66 Å². The molecule has 1 aromatic heterocycles. The number of carbonyl (C=O) groups is 1. The number of ether oxygens (including phenoxy) is 3. The van der Waals surface area contributed by atoms with E-state index in [1.807, 2.05) is 0 Å². The summed E-state index contributed by atoms with van der Waals surface area (Å²) in [4.78, 5) is 41.0. The molecule has 0 saturated carbocycles. The number of rotatable bonds is 10. The minimum absolute atomic E-state index is 0.0344. The van der Waals surface area contributed by atoms with Crippen LogP contribution in [0.3, 0.4) is 0 Å². The Kier molecular flexibility index (Phi) is 9.07. The van der Waals surface area contributed by atoms with Crippen LogP contribution in [0.4, 0.5) is 18.9 Å². The first-order valence-corrected chi connectivity index (χ1v) is 12.9. The summed E-state index contributed by atoms with van der Waals surface area (Å²) in [6.07, 6.45) is -3.98. The topological polar surface area (TPSA) is 135 Å². The van der Waals surface area contributed by atoms with Crippen molar-refractivity contribution in [3.8, 4) is 22.9 Å². The Labute approximate surface area is 242 Å². The zero-order valence-electron chi connectivity index (χ0n) is 23.1. The van der Waals surface area contributed by atoms with Gasteiger partial charge in [-0.25, -0.2) is 9.78 Å². The van der Waals surface area contributed by atoms with Crippen molar-refractivity contribution in [2.75, 3.05) is 13.2 Å². The molecule has 43 heavy (non-hydrogen) atoms. The summed E-state index contributed by atoms with van der Waals surface area (Å²) >= 11 is 0. The van der Waals surface area contributed by atoms with Gasteiger partial charge in [0.1, 0.15) is 0 Å². The SMILES string of the molecule is CCOc1cc(C=Nn2c(-c3cccc(C(F)(F)F)c3)nc3ccccc3c2=O)cc([N+](=O)[O-])c1OCC(=O)OC(C)C. The summed E-state index contributed by atoms with van der Waals surface area (Å²) in [5, 5.41) is 16.3. The molecule has 0 N–H and O–H groups in total. The summed E-state index contributed by atoms with van der Waals surface area (Å²) in [6, 6.07) is 12.9. The van der Waals surface area contributed by atoms with Gasteiger partial charge in [-0.3, -0.25) is 14.9 Å². The third kappa shape index (κ3) is 7.15. The van der Waals surface area contributed by atoms with Gasteiger partial charge in [-0.1, -0.05) is 24.3 Å². The van der Waals surface area contributed by atoms with Crippen molar-refractivity contribution in [1.29, 1.82) is 0 Å². The average Bonchev–Trinajstić information content (AvgIpc) is 2.95. The highest BCUT2D eigenvalue weighted by Gasteiger charge is 2.31. The van der Waals surface area contributed by atoms with Gasteiger partial charge in [0.25, 0.3) is 5.56 Å². The number of nitro benzene ring substituents is 1. The van der Waals surface area contributed by atoms with Crippen LogP contribution in [0.15, 0.2) is 70.6 Å². The molecule has 0 atom stereocenters. The number of nitrogens with zero attached hydrogens (tertiary/aromatic N) is 4. The second-order valence-electron chi connectivity index (χ2n) is 9.28. The maximum Gasteiger partial charge on any atom is 0.416 e. The van der Waals surface area contributed by atoms with Gasteiger partial charge in [-0.2, -0.15) is 22.9 Å². The average molecular weight is 599 g/mol. The molecule has 0 saturated heterocycles. The van der Waals surface area contributed by atoms with Crippen LogP contribution in [0.1, 0.15) is 31.9 Å². The van der Waals surface area contributed by atoms with Crippen LogP contribution in [0, 0.1) is 10.1 Å². The van der Waals surface area contributed by atoms with E-state index in [4.69, 9.17) is 14.2 Å². The number of esters is 1. The third-order valence-corrected chi connectivity index (χ3v) is 5.78. The molecular formula is C29H25F3N4O7. The monoisotopic (exact) mass is 598 g/mol. The van der Waals surface area contributed by atoms with Gasteiger partial charge >= 0.3 is 17.8 Å². The van der Waals surface area contributed by atoms with E-state index in [0.717, 1.165) is 29.1 Å². The second-order valence-corrected chi connectivity index (χ2v) is 9.28. The highest BCUT2D eigenvalue weighted by Crippen LogP contribution is 2.38. The van der Waals surface area contributed by atoms with Crippen molar-refractivity contribution in [3.63, 3.8) is 0 Å². The molecule has 11 nitrogen and oxygen atoms in total. The Morgan fingerprint density at radius 3 is 2.53 bits per heavy atom.